The Morgan fingerprint density at radius 1 is 1.42 bits per heavy atom. The van der Waals surface area contributed by atoms with Crippen LogP contribution in [0.15, 0.2) is 34.3 Å². The largest absolute Gasteiger partial charge is 0.381 e. The molecule has 5 heteroatoms. The van der Waals surface area contributed by atoms with Crippen molar-refractivity contribution in [2.24, 2.45) is 5.92 Å². The van der Waals surface area contributed by atoms with Gasteiger partial charge < -0.3 is 10.1 Å². The highest BCUT2D eigenvalue weighted by Crippen LogP contribution is 2.28. The van der Waals surface area contributed by atoms with E-state index in [9.17, 15) is 4.79 Å². The van der Waals surface area contributed by atoms with Gasteiger partial charge in [-0.1, -0.05) is 6.07 Å². The quantitative estimate of drug-likeness (QED) is 0.941. The van der Waals surface area contributed by atoms with Crippen molar-refractivity contribution in [1.82, 2.24) is 5.32 Å². The predicted molar refractivity (Wildman–Crippen MR) is 77.5 cm³/mol. The minimum atomic E-state index is -0.0284. The first kappa shape index (κ1) is 12.8. The Bertz CT molecular complexity index is 481. The molecule has 3 heterocycles. The van der Waals surface area contributed by atoms with Gasteiger partial charge in [-0.05, 0) is 40.3 Å². The molecule has 1 fully saturated rings. The van der Waals surface area contributed by atoms with Gasteiger partial charge in [0.2, 0.25) is 5.91 Å². The summed E-state index contributed by atoms with van der Waals surface area (Å²) in [5.41, 5.74) is 1.15. The molecule has 0 aliphatic carbocycles. The van der Waals surface area contributed by atoms with Crippen molar-refractivity contribution in [3.63, 3.8) is 0 Å². The lowest BCUT2D eigenvalue weighted by Gasteiger charge is -2.18. The Kier molecular flexibility index (Phi) is 3.96. The molecule has 0 unspecified atom stereocenters. The molecule has 1 aliphatic heterocycles. The van der Waals surface area contributed by atoms with E-state index in [0.717, 1.165) is 12.0 Å². The molecule has 100 valence electrons. The molecular formula is C14H15NO2S2. The van der Waals surface area contributed by atoms with Crippen LogP contribution in [0.3, 0.4) is 0 Å². The number of rotatable bonds is 4. The Hall–Kier alpha value is -1.17. The van der Waals surface area contributed by atoms with Crippen LogP contribution in [0.1, 0.15) is 22.9 Å². The molecule has 19 heavy (non-hydrogen) atoms. The average molecular weight is 293 g/mol. The smallest absolute Gasteiger partial charge is 0.226 e. The third-order valence-electron chi connectivity index (χ3n) is 3.29. The molecule has 3 rings (SSSR count). The van der Waals surface area contributed by atoms with Gasteiger partial charge in [-0.3, -0.25) is 4.79 Å². The highest BCUT2D eigenvalue weighted by atomic mass is 32.1. The molecule has 1 saturated heterocycles. The fourth-order valence-electron chi connectivity index (χ4n) is 2.21. The highest BCUT2D eigenvalue weighted by molar-refractivity contribution is 7.10. The van der Waals surface area contributed by atoms with Gasteiger partial charge in [0.25, 0.3) is 0 Å². The van der Waals surface area contributed by atoms with Crippen LogP contribution in [-0.4, -0.2) is 19.1 Å². The molecule has 0 spiro atoms. The summed E-state index contributed by atoms with van der Waals surface area (Å²) in [4.78, 5) is 13.4. The van der Waals surface area contributed by atoms with Gasteiger partial charge in [-0.2, -0.15) is 11.3 Å². The minimum Gasteiger partial charge on any atom is -0.381 e. The van der Waals surface area contributed by atoms with Crippen LogP contribution in [0.5, 0.6) is 0 Å². The first-order chi connectivity index (χ1) is 9.34. The maximum absolute atomic E-state index is 12.3. The van der Waals surface area contributed by atoms with E-state index in [-0.39, 0.29) is 17.9 Å². The van der Waals surface area contributed by atoms with Crippen molar-refractivity contribution >= 4 is 28.6 Å². The van der Waals surface area contributed by atoms with E-state index in [1.165, 1.54) is 4.88 Å². The summed E-state index contributed by atoms with van der Waals surface area (Å²) < 4.78 is 5.29. The summed E-state index contributed by atoms with van der Waals surface area (Å²) in [6.07, 6.45) is 0.826. The summed E-state index contributed by atoms with van der Waals surface area (Å²) in [5, 5.41) is 9.34. The van der Waals surface area contributed by atoms with Crippen LogP contribution < -0.4 is 5.32 Å². The Labute approximate surface area is 120 Å². The maximum Gasteiger partial charge on any atom is 0.226 e. The van der Waals surface area contributed by atoms with E-state index in [1.807, 2.05) is 16.8 Å². The maximum atomic E-state index is 12.3. The SMILES string of the molecule is O=C(N[C@H](c1ccsc1)c1cccs1)[C@@H]1CCOC1. The second kappa shape index (κ2) is 5.86. The molecular weight excluding hydrogens is 278 g/mol. The van der Waals surface area contributed by atoms with E-state index in [2.05, 4.69) is 22.8 Å². The monoisotopic (exact) mass is 293 g/mol. The third kappa shape index (κ3) is 2.88. The normalized spacial score (nSPS) is 20.3. The zero-order valence-electron chi connectivity index (χ0n) is 10.4. The molecule has 0 saturated carbocycles. The van der Waals surface area contributed by atoms with Crippen molar-refractivity contribution < 1.29 is 9.53 Å². The fraction of sp³-hybridized carbons (Fsp3) is 0.357. The molecule has 1 aliphatic rings. The van der Waals surface area contributed by atoms with Crippen molar-refractivity contribution in [3.8, 4) is 0 Å². The Morgan fingerprint density at radius 2 is 2.37 bits per heavy atom. The first-order valence-corrected chi connectivity index (χ1v) is 8.10. The molecule has 1 N–H and O–H groups in total. The molecule has 2 aromatic heterocycles. The Balaban J connectivity index is 1.78. The van der Waals surface area contributed by atoms with Crippen molar-refractivity contribution in [1.29, 1.82) is 0 Å². The summed E-state index contributed by atoms with van der Waals surface area (Å²) in [6, 6.07) is 6.13. The molecule has 3 nitrogen and oxygen atoms in total. The topological polar surface area (TPSA) is 38.3 Å². The number of ether oxygens (including phenoxy) is 1. The standard InChI is InChI=1S/C14H15NO2S2/c16-14(10-3-5-17-8-10)15-13(11-4-7-18-9-11)12-2-1-6-19-12/h1-2,4,6-7,9-10,13H,3,5,8H2,(H,15,16)/t10-,13-/m1/s1. The van der Waals surface area contributed by atoms with Gasteiger partial charge in [-0.15, -0.1) is 11.3 Å². The average Bonchev–Trinajstić information content (AvgIpc) is 3.17. The predicted octanol–water partition coefficient (Wildman–Crippen LogP) is 3.05. The number of hydrogen-bond donors (Lipinski definition) is 1. The zero-order chi connectivity index (χ0) is 13.1. The summed E-state index contributed by atoms with van der Waals surface area (Å²) in [7, 11) is 0. The van der Waals surface area contributed by atoms with Gasteiger partial charge in [0, 0.05) is 11.5 Å². The van der Waals surface area contributed by atoms with E-state index >= 15 is 0 Å². The molecule has 2 atom stereocenters. The van der Waals surface area contributed by atoms with Crippen LogP contribution in [-0.2, 0) is 9.53 Å². The third-order valence-corrected chi connectivity index (χ3v) is 4.93. The number of hydrogen-bond acceptors (Lipinski definition) is 4. The van der Waals surface area contributed by atoms with E-state index < -0.39 is 0 Å². The highest BCUT2D eigenvalue weighted by Gasteiger charge is 2.27. The van der Waals surface area contributed by atoms with E-state index in [4.69, 9.17) is 4.74 Å². The number of nitrogens with one attached hydrogen (secondary N) is 1. The first-order valence-electron chi connectivity index (χ1n) is 6.28. The van der Waals surface area contributed by atoms with Gasteiger partial charge in [0.05, 0.1) is 18.6 Å². The van der Waals surface area contributed by atoms with Crippen LogP contribution in [0.2, 0.25) is 0 Å². The van der Waals surface area contributed by atoms with Crippen LogP contribution in [0.25, 0.3) is 0 Å². The summed E-state index contributed by atoms with van der Waals surface area (Å²) in [5.74, 6) is 0.100. The van der Waals surface area contributed by atoms with Crippen molar-refractivity contribution in [2.45, 2.75) is 12.5 Å². The van der Waals surface area contributed by atoms with Crippen molar-refractivity contribution in [2.75, 3.05) is 13.2 Å². The lowest BCUT2D eigenvalue weighted by molar-refractivity contribution is -0.125. The van der Waals surface area contributed by atoms with Crippen LogP contribution in [0, 0.1) is 5.92 Å². The van der Waals surface area contributed by atoms with E-state index in [1.54, 1.807) is 22.7 Å². The zero-order valence-corrected chi connectivity index (χ0v) is 12.0. The summed E-state index contributed by atoms with van der Waals surface area (Å²) in [6.45, 7) is 1.24. The van der Waals surface area contributed by atoms with Gasteiger partial charge in [-0.25, -0.2) is 0 Å². The minimum absolute atomic E-state index is 0.00102. The van der Waals surface area contributed by atoms with Gasteiger partial charge in [0.15, 0.2) is 0 Å². The number of carbonyl (C=O) groups excluding carboxylic acids is 1. The molecule has 2 aromatic rings. The van der Waals surface area contributed by atoms with Crippen LogP contribution in [0.4, 0.5) is 0 Å². The molecule has 0 bridgehead atoms. The summed E-state index contributed by atoms with van der Waals surface area (Å²) >= 11 is 3.33. The van der Waals surface area contributed by atoms with Gasteiger partial charge in [0.1, 0.15) is 0 Å². The van der Waals surface area contributed by atoms with E-state index in [0.29, 0.717) is 13.2 Å². The van der Waals surface area contributed by atoms with Gasteiger partial charge >= 0.3 is 0 Å². The van der Waals surface area contributed by atoms with Crippen molar-refractivity contribution in [3.05, 3.63) is 44.8 Å². The molecule has 1 amide bonds. The Morgan fingerprint density at radius 3 is 3.00 bits per heavy atom. The lowest BCUT2D eigenvalue weighted by atomic mass is 10.1. The number of carbonyl (C=O) groups is 1. The molecule has 0 aromatic carbocycles. The second-order valence-electron chi connectivity index (χ2n) is 4.57. The second-order valence-corrected chi connectivity index (χ2v) is 6.33. The number of thiophene rings is 2. The fourth-order valence-corrected chi connectivity index (χ4v) is 3.70. The van der Waals surface area contributed by atoms with Crippen LogP contribution >= 0.6 is 22.7 Å². The number of amides is 1. The molecule has 0 radical (unpaired) electrons. The lowest BCUT2D eigenvalue weighted by Crippen LogP contribution is -2.34.